The molecule has 1 aromatic carbocycles. The van der Waals surface area contributed by atoms with Crippen molar-refractivity contribution in [2.24, 2.45) is 0 Å². The van der Waals surface area contributed by atoms with Crippen LogP contribution in [0.25, 0.3) is 0 Å². The molecule has 1 aliphatic rings. The number of piperidine rings is 1. The molecule has 0 unspecified atom stereocenters. The zero-order valence-electron chi connectivity index (χ0n) is 14.6. The number of ether oxygens (including phenoxy) is 1. The first-order valence-electron chi connectivity index (χ1n) is 8.67. The highest BCUT2D eigenvalue weighted by atomic mass is 16.5. The van der Waals surface area contributed by atoms with Gasteiger partial charge in [0.05, 0.1) is 0 Å². The summed E-state index contributed by atoms with van der Waals surface area (Å²) in [6.07, 6.45) is 3.62. The quantitative estimate of drug-likeness (QED) is 0.669. The molecule has 3 rings (SSSR count). The van der Waals surface area contributed by atoms with Gasteiger partial charge < -0.3 is 19.9 Å². The molecule has 0 spiro atoms. The second-order valence-electron chi connectivity index (χ2n) is 6.22. The van der Waals surface area contributed by atoms with Crippen LogP contribution in [0.2, 0.25) is 0 Å². The van der Waals surface area contributed by atoms with Crippen LogP contribution in [-0.4, -0.2) is 41.5 Å². The summed E-state index contributed by atoms with van der Waals surface area (Å²) >= 11 is 0. The molecular weight excluding hydrogens is 352 g/mol. The predicted molar refractivity (Wildman–Crippen MR) is 99.1 cm³/mol. The summed E-state index contributed by atoms with van der Waals surface area (Å²) < 4.78 is 4.81. The van der Waals surface area contributed by atoms with Gasteiger partial charge in [0.25, 0.3) is 11.5 Å². The van der Waals surface area contributed by atoms with Gasteiger partial charge >= 0.3 is 11.7 Å². The van der Waals surface area contributed by atoms with Crippen molar-refractivity contribution < 1.29 is 14.3 Å². The summed E-state index contributed by atoms with van der Waals surface area (Å²) in [7, 11) is 0. The topological polar surface area (TPSA) is 124 Å². The minimum absolute atomic E-state index is 0.317. The van der Waals surface area contributed by atoms with Crippen molar-refractivity contribution >= 4 is 23.3 Å². The van der Waals surface area contributed by atoms with Crippen LogP contribution in [0, 0.1) is 0 Å². The third-order valence-corrected chi connectivity index (χ3v) is 4.19. The predicted octanol–water partition coefficient (Wildman–Crippen LogP) is 0.849. The second-order valence-corrected chi connectivity index (χ2v) is 6.22. The number of benzene rings is 1. The average Bonchev–Trinajstić information content (AvgIpc) is 2.66. The minimum atomic E-state index is -0.964. The maximum Gasteiger partial charge on any atom is 0.355 e. The molecule has 1 aliphatic heterocycles. The minimum Gasteiger partial charge on any atom is -0.451 e. The van der Waals surface area contributed by atoms with E-state index in [-0.39, 0.29) is 5.69 Å². The van der Waals surface area contributed by atoms with Gasteiger partial charge in [0, 0.05) is 30.5 Å². The largest absolute Gasteiger partial charge is 0.451 e. The number of hydrogen-bond donors (Lipinski definition) is 3. The van der Waals surface area contributed by atoms with Gasteiger partial charge in [-0.2, -0.15) is 0 Å². The molecule has 9 heteroatoms. The van der Waals surface area contributed by atoms with Gasteiger partial charge in [-0.1, -0.05) is 0 Å². The van der Waals surface area contributed by atoms with E-state index in [4.69, 9.17) is 4.74 Å². The number of carbonyl (C=O) groups is 2. The van der Waals surface area contributed by atoms with E-state index in [0.29, 0.717) is 5.69 Å². The molecule has 9 nitrogen and oxygen atoms in total. The number of nitrogens with one attached hydrogen (secondary N) is 3. The monoisotopic (exact) mass is 372 g/mol. The molecule has 0 aliphatic carbocycles. The number of rotatable bonds is 5. The number of H-pyrrole nitrogens is 2. The van der Waals surface area contributed by atoms with E-state index < -0.39 is 29.7 Å². The summed E-state index contributed by atoms with van der Waals surface area (Å²) in [6, 6.07) is 8.35. The first kappa shape index (κ1) is 18.4. The molecule has 1 amide bonds. The number of carbonyl (C=O) groups excluding carboxylic acids is 2. The van der Waals surface area contributed by atoms with Crippen molar-refractivity contribution in [1.29, 1.82) is 0 Å². The van der Waals surface area contributed by atoms with E-state index in [1.54, 1.807) is 12.1 Å². The Balaban J connectivity index is 1.52. The van der Waals surface area contributed by atoms with Crippen LogP contribution in [-0.2, 0) is 9.53 Å². The number of anilines is 2. The Bertz CT molecular complexity index is 898. The van der Waals surface area contributed by atoms with Crippen molar-refractivity contribution in [1.82, 2.24) is 9.97 Å². The van der Waals surface area contributed by atoms with Crippen LogP contribution >= 0.6 is 0 Å². The van der Waals surface area contributed by atoms with Crippen molar-refractivity contribution in [2.75, 3.05) is 29.9 Å². The zero-order chi connectivity index (χ0) is 19.2. The SMILES string of the molecule is O=C(COC(=O)c1cc(=O)[nH]c(=O)[nH]1)Nc1ccc(N2CCCCC2)cc1. The molecule has 2 aromatic rings. The first-order chi connectivity index (χ1) is 13.0. The lowest BCUT2D eigenvalue weighted by Crippen LogP contribution is -2.29. The lowest BCUT2D eigenvalue weighted by molar-refractivity contribution is -0.119. The molecule has 3 N–H and O–H groups in total. The number of amides is 1. The van der Waals surface area contributed by atoms with Crippen molar-refractivity contribution in [3.05, 3.63) is 56.9 Å². The van der Waals surface area contributed by atoms with Crippen LogP contribution in [0.5, 0.6) is 0 Å². The van der Waals surface area contributed by atoms with E-state index in [2.05, 4.69) is 15.2 Å². The lowest BCUT2D eigenvalue weighted by Gasteiger charge is -2.28. The van der Waals surface area contributed by atoms with Gasteiger partial charge in [0.15, 0.2) is 6.61 Å². The van der Waals surface area contributed by atoms with Gasteiger partial charge in [0.1, 0.15) is 5.69 Å². The van der Waals surface area contributed by atoms with Crippen LogP contribution in [0.4, 0.5) is 11.4 Å². The fraction of sp³-hybridized carbons (Fsp3) is 0.333. The number of esters is 1. The van der Waals surface area contributed by atoms with Crippen molar-refractivity contribution in [2.45, 2.75) is 19.3 Å². The van der Waals surface area contributed by atoms with Crippen LogP contribution in [0.3, 0.4) is 0 Å². The number of aromatic nitrogens is 2. The van der Waals surface area contributed by atoms with Crippen molar-refractivity contribution in [3.63, 3.8) is 0 Å². The molecule has 27 heavy (non-hydrogen) atoms. The molecule has 2 heterocycles. The normalized spacial score (nSPS) is 13.9. The Morgan fingerprint density at radius 3 is 2.41 bits per heavy atom. The summed E-state index contributed by atoms with van der Waals surface area (Å²) in [5.41, 5.74) is -0.183. The lowest BCUT2D eigenvalue weighted by atomic mass is 10.1. The maximum atomic E-state index is 11.9. The average molecular weight is 372 g/mol. The second kappa shape index (κ2) is 8.35. The third-order valence-electron chi connectivity index (χ3n) is 4.19. The van der Waals surface area contributed by atoms with Crippen LogP contribution < -0.4 is 21.5 Å². The maximum absolute atomic E-state index is 11.9. The Labute approximate surface area is 154 Å². The van der Waals surface area contributed by atoms with Gasteiger partial charge in [-0.15, -0.1) is 0 Å². The van der Waals surface area contributed by atoms with E-state index >= 15 is 0 Å². The van der Waals surface area contributed by atoms with Gasteiger partial charge in [0.2, 0.25) is 0 Å². The number of aromatic amines is 2. The fourth-order valence-electron chi connectivity index (χ4n) is 2.89. The van der Waals surface area contributed by atoms with E-state index in [0.717, 1.165) is 24.8 Å². The van der Waals surface area contributed by atoms with Gasteiger partial charge in [-0.05, 0) is 43.5 Å². The molecule has 1 aromatic heterocycles. The summed E-state index contributed by atoms with van der Waals surface area (Å²) in [5.74, 6) is -1.49. The first-order valence-corrected chi connectivity index (χ1v) is 8.67. The highest BCUT2D eigenvalue weighted by molar-refractivity contribution is 5.94. The Morgan fingerprint density at radius 2 is 1.74 bits per heavy atom. The standard InChI is InChI=1S/C18H20N4O5/c23-15-10-14(20-18(26)21-15)17(25)27-11-16(24)19-12-4-6-13(7-5-12)22-8-2-1-3-9-22/h4-7,10H,1-3,8-9,11H2,(H,19,24)(H2,20,21,23,26). The Hall–Kier alpha value is -3.36. The number of nitrogens with zero attached hydrogens (tertiary/aromatic N) is 1. The highest BCUT2D eigenvalue weighted by Crippen LogP contribution is 2.21. The van der Waals surface area contributed by atoms with Crippen LogP contribution in [0.1, 0.15) is 29.8 Å². The van der Waals surface area contributed by atoms with E-state index in [1.807, 2.05) is 17.1 Å². The van der Waals surface area contributed by atoms with Gasteiger partial charge in [-0.3, -0.25) is 14.6 Å². The highest BCUT2D eigenvalue weighted by Gasteiger charge is 2.13. The number of hydrogen-bond acceptors (Lipinski definition) is 6. The molecule has 1 saturated heterocycles. The van der Waals surface area contributed by atoms with Crippen molar-refractivity contribution in [3.8, 4) is 0 Å². The Morgan fingerprint density at radius 1 is 1.04 bits per heavy atom. The molecule has 0 saturated carbocycles. The smallest absolute Gasteiger partial charge is 0.355 e. The molecule has 142 valence electrons. The fourth-order valence-corrected chi connectivity index (χ4v) is 2.89. The molecule has 0 radical (unpaired) electrons. The van der Waals surface area contributed by atoms with E-state index in [1.165, 1.54) is 19.3 Å². The van der Waals surface area contributed by atoms with Gasteiger partial charge in [-0.25, -0.2) is 9.59 Å². The summed E-state index contributed by atoms with van der Waals surface area (Å²) in [5, 5.41) is 2.63. The van der Waals surface area contributed by atoms with E-state index in [9.17, 15) is 19.2 Å². The summed E-state index contributed by atoms with van der Waals surface area (Å²) in [4.78, 5) is 52.4. The molecular formula is C18H20N4O5. The third kappa shape index (κ3) is 5.06. The molecule has 0 bridgehead atoms. The summed E-state index contributed by atoms with van der Waals surface area (Å²) in [6.45, 7) is 1.53. The zero-order valence-corrected chi connectivity index (χ0v) is 14.6. The van der Waals surface area contributed by atoms with Crippen LogP contribution in [0.15, 0.2) is 39.9 Å². The molecule has 1 fully saturated rings. The Kier molecular flexibility index (Phi) is 5.70. The molecule has 0 atom stereocenters.